The number of hydrogen-bond donors (Lipinski definition) is 0. The molecule has 0 aliphatic heterocycles. The summed E-state index contributed by atoms with van der Waals surface area (Å²) in [5.41, 5.74) is 3.86. The maximum Gasteiger partial charge on any atom is 0.0734 e. The lowest BCUT2D eigenvalue weighted by molar-refractivity contribution is 0.694. The second kappa shape index (κ2) is 4.23. The van der Waals surface area contributed by atoms with Crippen molar-refractivity contribution in [3.63, 3.8) is 0 Å². The Bertz CT molecular complexity index is 708. The van der Waals surface area contributed by atoms with Crippen LogP contribution in [0.4, 0.5) is 0 Å². The van der Waals surface area contributed by atoms with Gasteiger partial charge in [-0.1, -0.05) is 48.5 Å². The number of rotatable bonds is 3. The monoisotopic (exact) mass is 248 g/mol. The standard InChI is InChI=1S/C17H16N2/c1-2-6-13(7-3-1)12-19-16-9-5-4-8-15(16)17(18-19)14-10-11-14/h1-9,14H,10-12H2. The second-order valence-corrected chi connectivity index (χ2v) is 5.32. The van der Waals surface area contributed by atoms with Gasteiger partial charge in [0.15, 0.2) is 0 Å². The molecule has 0 amide bonds. The second-order valence-electron chi connectivity index (χ2n) is 5.32. The van der Waals surface area contributed by atoms with Gasteiger partial charge < -0.3 is 0 Å². The number of nitrogens with zero attached hydrogens (tertiary/aromatic N) is 2. The van der Waals surface area contributed by atoms with Crippen molar-refractivity contribution in [2.45, 2.75) is 25.3 Å². The summed E-state index contributed by atoms with van der Waals surface area (Å²) in [6, 6.07) is 19.1. The molecule has 0 unspecified atom stereocenters. The number of benzene rings is 2. The van der Waals surface area contributed by atoms with E-state index in [1.807, 2.05) is 0 Å². The molecule has 1 fully saturated rings. The van der Waals surface area contributed by atoms with Gasteiger partial charge in [0.05, 0.1) is 17.8 Å². The first-order chi connectivity index (χ1) is 9.42. The van der Waals surface area contributed by atoms with Gasteiger partial charge in [-0.3, -0.25) is 4.68 Å². The highest BCUT2D eigenvalue weighted by atomic mass is 15.3. The molecule has 0 radical (unpaired) electrons. The molecule has 0 atom stereocenters. The molecule has 3 aromatic rings. The molecule has 2 heteroatoms. The largest absolute Gasteiger partial charge is 0.260 e. The first-order valence-electron chi connectivity index (χ1n) is 6.91. The van der Waals surface area contributed by atoms with Crippen molar-refractivity contribution in [3.8, 4) is 0 Å². The number of aromatic nitrogens is 2. The van der Waals surface area contributed by atoms with E-state index in [1.165, 1.54) is 35.0 Å². The summed E-state index contributed by atoms with van der Waals surface area (Å²) in [6.07, 6.45) is 2.60. The third-order valence-corrected chi connectivity index (χ3v) is 3.83. The molecule has 1 heterocycles. The minimum absolute atomic E-state index is 0.696. The van der Waals surface area contributed by atoms with Gasteiger partial charge in [0.1, 0.15) is 0 Å². The lowest BCUT2D eigenvalue weighted by Gasteiger charge is -2.03. The van der Waals surface area contributed by atoms with Gasteiger partial charge in [-0.15, -0.1) is 0 Å². The van der Waals surface area contributed by atoms with Crippen LogP contribution in [0.25, 0.3) is 10.9 Å². The highest BCUT2D eigenvalue weighted by molar-refractivity contribution is 5.82. The molecule has 2 nitrogen and oxygen atoms in total. The van der Waals surface area contributed by atoms with Crippen molar-refractivity contribution in [2.75, 3.05) is 0 Å². The summed E-state index contributed by atoms with van der Waals surface area (Å²) in [5.74, 6) is 0.696. The van der Waals surface area contributed by atoms with Gasteiger partial charge in [-0.05, 0) is 24.5 Å². The Labute approximate surface area is 112 Å². The normalized spacial score (nSPS) is 14.9. The lowest BCUT2D eigenvalue weighted by atomic mass is 10.1. The third kappa shape index (κ3) is 1.93. The van der Waals surface area contributed by atoms with Gasteiger partial charge in [0.2, 0.25) is 0 Å². The summed E-state index contributed by atoms with van der Waals surface area (Å²) in [7, 11) is 0. The third-order valence-electron chi connectivity index (χ3n) is 3.83. The van der Waals surface area contributed by atoms with Crippen molar-refractivity contribution >= 4 is 10.9 Å². The summed E-state index contributed by atoms with van der Waals surface area (Å²) in [5, 5.41) is 6.20. The average molecular weight is 248 g/mol. The Balaban J connectivity index is 1.81. The van der Waals surface area contributed by atoms with Crippen molar-refractivity contribution in [1.82, 2.24) is 9.78 Å². The summed E-state index contributed by atoms with van der Waals surface area (Å²) >= 11 is 0. The van der Waals surface area contributed by atoms with E-state index in [4.69, 9.17) is 5.10 Å². The molecule has 2 aromatic carbocycles. The Kier molecular flexibility index (Phi) is 2.41. The quantitative estimate of drug-likeness (QED) is 0.686. The predicted molar refractivity (Wildman–Crippen MR) is 77.3 cm³/mol. The van der Waals surface area contributed by atoms with Crippen molar-refractivity contribution in [3.05, 3.63) is 65.9 Å². The van der Waals surface area contributed by atoms with Gasteiger partial charge >= 0.3 is 0 Å². The minimum atomic E-state index is 0.696. The molecular formula is C17H16N2. The highest BCUT2D eigenvalue weighted by Gasteiger charge is 2.28. The molecule has 19 heavy (non-hydrogen) atoms. The van der Waals surface area contributed by atoms with Crippen LogP contribution in [0.1, 0.15) is 30.0 Å². The topological polar surface area (TPSA) is 17.8 Å². The Morgan fingerprint density at radius 1 is 0.947 bits per heavy atom. The van der Waals surface area contributed by atoms with Crippen LogP contribution in [0, 0.1) is 0 Å². The van der Waals surface area contributed by atoms with Gasteiger partial charge in [0, 0.05) is 11.3 Å². The van der Waals surface area contributed by atoms with Gasteiger partial charge in [0.25, 0.3) is 0 Å². The van der Waals surface area contributed by atoms with Crippen LogP contribution in [0.3, 0.4) is 0 Å². The smallest absolute Gasteiger partial charge is 0.0734 e. The van der Waals surface area contributed by atoms with E-state index in [0.717, 1.165) is 6.54 Å². The Hall–Kier alpha value is -2.09. The summed E-state index contributed by atoms with van der Waals surface area (Å²) in [4.78, 5) is 0. The number of para-hydroxylation sites is 1. The maximum absolute atomic E-state index is 4.86. The fourth-order valence-electron chi connectivity index (χ4n) is 2.69. The van der Waals surface area contributed by atoms with E-state index in [2.05, 4.69) is 59.3 Å². The molecule has 1 saturated carbocycles. The molecule has 0 saturated heterocycles. The molecule has 1 aliphatic rings. The molecule has 1 aromatic heterocycles. The SMILES string of the molecule is c1ccc(Cn2nc(C3CC3)c3ccccc32)cc1. The number of fused-ring (bicyclic) bond motifs is 1. The van der Waals surface area contributed by atoms with Gasteiger partial charge in [-0.2, -0.15) is 5.10 Å². The van der Waals surface area contributed by atoms with E-state index < -0.39 is 0 Å². The van der Waals surface area contributed by atoms with Crippen LogP contribution in [0.2, 0.25) is 0 Å². The molecular weight excluding hydrogens is 232 g/mol. The number of hydrogen-bond acceptors (Lipinski definition) is 1. The summed E-state index contributed by atoms with van der Waals surface area (Å²) in [6.45, 7) is 0.855. The zero-order valence-electron chi connectivity index (χ0n) is 10.8. The molecule has 0 N–H and O–H groups in total. The lowest BCUT2D eigenvalue weighted by Crippen LogP contribution is -2.01. The molecule has 94 valence electrons. The maximum atomic E-state index is 4.86. The minimum Gasteiger partial charge on any atom is -0.260 e. The van der Waals surface area contributed by atoms with E-state index in [0.29, 0.717) is 5.92 Å². The van der Waals surface area contributed by atoms with Crippen molar-refractivity contribution in [2.24, 2.45) is 0 Å². The zero-order valence-corrected chi connectivity index (χ0v) is 10.8. The first-order valence-corrected chi connectivity index (χ1v) is 6.91. The molecule has 1 aliphatic carbocycles. The van der Waals surface area contributed by atoms with E-state index in [-0.39, 0.29) is 0 Å². The molecule has 0 bridgehead atoms. The Morgan fingerprint density at radius 3 is 2.47 bits per heavy atom. The van der Waals surface area contributed by atoms with Crippen LogP contribution < -0.4 is 0 Å². The van der Waals surface area contributed by atoms with Crippen LogP contribution in [0.15, 0.2) is 54.6 Å². The fourth-order valence-corrected chi connectivity index (χ4v) is 2.69. The first kappa shape index (κ1) is 10.8. The van der Waals surface area contributed by atoms with Crippen molar-refractivity contribution in [1.29, 1.82) is 0 Å². The zero-order chi connectivity index (χ0) is 12.7. The van der Waals surface area contributed by atoms with Crippen LogP contribution in [0.5, 0.6) is 0 Å². The van der Waals surface area contributed by atoms with Crippen LogP contribution in [-0.4, -0.2) is 9.78 Å². The fraction of sp³-hybridized carbons (Fsp3) is 0.235. The Morgan fingerprint density at radius 2 is 1.68 bits per heavy atom. The predicted octanol–water partition coefficient (Wildman–Crippen LogP) is 3.96. The molecule has 4 rings (SSSR count). The van der Waals surface area contributed by atoms with E-state index in [1.54, 1.807) is 0 Å². The van der Waals surface area contributed by atoms with E-state index >= 15 is 0 Å². The summed E-state index contributed by atoms with van der Waals surface area (Å²) < 4.78 is 2.15. The molecule has 0 spiro atoms. The average Bonchev–Trinajstić information content (AvgIpc) is 3.24. The van der Waals surface area contributed by atoms with Crippen molar-refractivity contribution < 1.29 is 0 Å². The van der Waals surface area contributed by atoms with Crippen LogP contribution >= 0.6 is 0 Å². The van der Waals surface area contributed by atoms with Gasteiger partial charge in [-0.25, -0.2) is 0 Å². The van der Waals surface area contributed by atoms with Crippen LogP contribution in [-0.2, 0) is 6.54 Å². The van der Waals surface area contributed by atoms with E-state index in [9.17, 15) is 0 Å². The highest BCUT2D eigenvalue weighted by Crippen LogP contribution is 2.42.